The number of aryl methyl sites for hydroxylation is 2. The maximum Gasteiger partial charge on any atom is 0.134 e. The Bertz CT molecular complexity index is 651. The molecule has 6 heteroatoms. The van der Waals surface area contributed by atoms with Crippen molar-refractivity contribution in [3.8, 4) is 5.75 Å². The van der Waals surface area contributed by atoms with E-state index in [0.717, 1.165) is 41.4 Å². The number of nitrogens with two attached hydrogens (primary N) is 1. The summed E-state index contributed by atoms with van der Waals surface area (Å²) in [5.41, 5.74) is 8.58. The number of nitrogens with zero attached hydrogens (tertiary/aromatic N) is 2. The number of anilines is 1. The molecule has 1 aromatic carbocycles. The van der Waals surface area contributed by atoms with Gasteiger partial charge in [-0.3, -0.25) is 4.68 Å². The molecule has 112 valence electrons. The first kappa shape index (κ1) is 15.3. The third kappa shape index (κ3) is 3.33. The summed E-state index contributed by atoms with van der Waals surface area (Å²) >= 11 is 5.10. The second kappa shape index (κ2) is 6.58. The molecular formula is C15H20N4OS. The van der Waals surface area contributed by atoms with Gasteiger partial charge in [-0.15, -0.1) is 0 Å². The van der Waals surface area contributed by atoms with Crippen LogP contribution in [0.4, 0.5) is 5.82 Å². The van der Waals surface area contributed by atoms with E-state index in [4.69, 9.17) is 22.7 Å². The number of aromatic nitrogens is 2. The predicted molar refractivity (Wildman–Crippen MR) is 89.0 cm³/mol. The van der Waals surface area contributed by atoms with Gasteiger partial charge in [0.15, 0.2) is 0 Å². The van der Waals surface area contributed by atoms with Crippen LogP contribution in [0.25, 0.3) is 0 Å². The molecule has 0 amide bonds. The zero-order valence-electron chi connectivity index (χ0n) is 12.5. The molecule has 0 unspecified atom stereocenters. The number of thiocarbonyl (C=S) groups is 1. The first-order valence-electron chi connectivity index (χ1n) is 6.73. The summed E-state index contributed by atoms with van der Waals surface area (Å²) in [6.45, 7) is 2.65. The van der Waals surface area contributed by atoms with Gasteiger partial charge >= 0.3 is 0 Å². The van der Waals surface area contributed by atoms with Crippen LogP contribution in [0.5, 0.6) is 5.75 Å². The van der Waals surface area contributed by atoms with Gasteiger partial charge in [0.25, 0.3) is 0 Å². The smallest absolute Gasteiger partial charge is 0.134 e. The van der Waals surface area contributed by atoms with Gasteiger partial charge in [-0.1, -0.05) is 30.4 Å². The van der Waals surface area contributed by atoms with E-state index in [-0.39, 0.29) is 0 Å². The summed E-state index contributed by atoms with van der Waals surface area (Å²) in [4.78, 5) is 0.361. The van der Waals surface area contributed by atoms with E-state index in [1.807, 2.05) is 32.2 Å². The van der Waals surface area contributed by atoms with Gasteiger partial charge in [0.2, 0.25) is 0 Å². The Morgan fingerprint density at radius 1 is 1.43 bits per heavy atom. The van der Waals surface area contributed by atoms with Crippen LogP contribution in [-0.4, -0.2) is 28.4 Å². The maximum absolute atomic E-state index is 5.78. The van der Waals surface area contributed by atoms with Gasteiger partial charge in [0, 0.05) is 13.6 Å². The van der Waals surface area contributed by atoms with Gasteiger partial charge in [-0.2, -0.15) is 5.10 Å². The lowest BCUT2D eigenvalue weighted by atomic mass is 10.1. The summed E-state index contributed by atoms with van der Waals surface area (Å²) < 4.78 is 7.12. The standard InChI is InChI=1S/C15H20N4OS/c1-10-13(14(16)21)15(19(2)18-10)17-9-8-11-6-4-5-7-12(11)20-3/h4-7,17H,8-9H2,1-3H3,(H2,16,21). The summed E-state index contributed by atoms with van der Waals surface area (Å²) in [5, 5.41) is 7.71. The van der Waals surface area contributed by atoms with Crippen molar-refractivity contribution in [3.63, 3.8) is 0 Å². The lowest BCUT2D eigenvalue weighted by Crippen LogP contribution is -2.16. The van der Waals surface area contributed by atoms with Crippen LogP contribution in [-0.2, 0) is 13.5 Å². The zero-order valence-corrected chi connectivity index (χ0v) is 13.3. The molecule has 0 saturated carbocycles. The van der Waals surface area contributed by atoms with E-state index in [9.17, 15) is 0 Å². The monoisotopic (exact) mass is 304 g/mol. The Hall–Kier alpha value is -2.08. The van der Waals surface area contributed by atoms with Crippen LogP contribution in [0.1, 0.15) is 16.8 Å². The van der Waals surface area contributed by atoms with Gasteiger partial charge < -0.3 is 15.8 Å². The average Bonchev–Trinajstić information content (AvgIpc) is 2.74. The molecule has 0 fully saturated rings. The molecule has 3 N–H and O–H groups in total. The molecular weight excluding hydrogens is 284 g/mol. The third-order valence-corrected chi connectivity index (χ3v) is 3.55. The van der Waals surface area contributed by atoms with Crippen LogP contribution in [0.2, 0.25) is 0 Å². The molecule has 5 nitrogen and oxygen atoms in total. The van der Waals surface area contributed by atoms with Crippen molar-refractivity contribution in [1.82, 2.24) is 9.78 Å². The molecule has 1 aromatic heterocycles. The maximum atomic E-state index is 5.78. The van der Waals surface area contributed by atoms with E-state index in [1.165, 1.54) is 0 Å². The highest BCUT2D eigenvalue weighted by atomic mass is 32.1. The van der Waals surface area contributed by atoms with E-state index in [1.54, 1.807) is 11.8 Å². The van der Waals surface area contributed by atoms with Gasteiger partial charge in [0.05, 0.1) is 18.4 Å². The van der Waals surface area contributed by atoms with Crippen molar-refractivity contribution in [3.05, 3.63) is 41.1 Å². The molecule has 0 aliphatic rings. The van der Waals surface area contributed by atoms with Crippen LogP contribution in [0, 0.1) is 6.92 Å². The first-order valence-corrected chi connectivity index (χ1v) is 7.14. The Morgan fingerprint density at radius 2 is 2.14 bits per heavy atom. The van der Waals surface area contributed by atoms with Gasteiger partial charge in [0.1, 0.15) is 16.6 Å². The molecule has 0 spiro atoms. The molecule has 2 rings (SSSR count). The van der Waals surface area contributed by atoms with Crippen molar-refractivity contribution < 1.29 is 4.74 Å². The van der Waals surface area contributed by atoms with Crippen molar-refractivity contribution >= 4 is 23.0 Å². The Morgan fingerprint density at radius 3 is 2.81 bits per heavy atom. The highest BCUT2D eigenvalue weighted by Crippen LogP contribution is 2.20. The lowest BCUT2D eigenvalue weighted by molar-refractivity contribution is 0.410. The van der Waals surface area contributed by atoms with Gasteiger partial charge in [-0.05, 0) is 25.0 Å². The third-order valence-electron chi connectivity index (χ3n) is 3.35. The van der Waals surface area contributed by atoms with Crippen molar-refractivity contribution in [1.29, 1.82) is 0 Å². The Kier molecular flexibility index (Phi) is 4.80. The number of nitrogens with one attached hydrogen (secondary N) is 1. The fraction of sp³-hybridized carbons (Fsp3) is 0.333. The number of para-hydroxylation sites is 1. The molecule has 0 radical (unpaired) electrons. The molecule has 0 atom stereocenters. The predicted octanol–water partition coefficient (Wildman–Crippen LogP) is 2.03. The van der Waals surface area contributed by atoms with Gasteiger partial charge in [-0.25, -0.2) is 0 Å². The van der Waals surface area contributed by atoms with Crippen molar-refractivity contribution in [2.24, 2.45) is 12.8 Å². The number of methoxy groups -OCH3 is 1. The Balaban J connectivity index is 2.09. The quantitative estimate of drug-likeness (QED) is 0.799. The fourth-order valence-corrected chi connectivity index (χ4v) is 2.63. The Labute approximate surface area is 130 Å². The normalized spacial score (nSPS) is 10.4. The first-order chi connectivity index (χ1) is 10.0. The fourth-order valence-electron chi connectivity index (χ4n) is 2.38. The van der Waals surface area contributed by atoms with E-state index < -0.39 is 0 Å². The molecule has 1 heterocycles. The highest BCUT2D eigenvalue weighted by Gasteiger charge is 2.15. The largest absolute Gasteiger partial charge is 0.496 e. The molecule has 0 aliphatic heterocycles. The van der Waals surface area contributed by atoms with E-state index >= 15 is 0 Å². The number of hydrogen-bond donors (Lipinski definition) is 2. The van der Waals surface area contributed by atoms with Crippen LogP contribution >= 0.6 is 12.2 Å². The summed E-state index contributed by atoms with van der Waals surface area (Å²) in [7, 11) is 3.56. The van der Waals surface area contributed by atoms with Crippen LogP contribution in [0.3, 0.4) is 0 Å². The minimum absolute atomic E-state index is 0.361. The second-order valence-corrected chi connectivity index (χ2v) is 5.23. The van der Waals surface area contributed by atoms with Crippen molar-refractivity contribution in [2.45, 2.75) is 13.3 Å². The molecule has 2 aromatic rings. The highest BCUT2D eigenvalue weighted by molar-refractivity contribution is 7.80. The summed E-state index contributed by atoms with van der Waals surface area (Å²) in [5.74, 6) is 1.75. The molecule has 21 heavy (non-hydrogen) atoms. The van der Waals surface area contributed by atoms with E-state index in [2.05, 4.69) is 16.5 Å². The number of hydrogen-bond acceptors (Lipinski definition) is 4. The van der Waals surface area contributed by atoms with E-state index in [0.29, 0.717) is 4.99 Å². The molecule has 0 saturated heterocycles. The van der Waals surface area contributed by atoms with Crippen molar-refractivity contribution in [2.75, 3.05) is 19.0 Å². The number of rotatable bonds is 6. The average molecular weight is 304 g/mol. The topological polar surface area (TPSA) is 65.1 Å². The lowest BCUT2D eigenvalue weighted by Gasteiger charge is -2.11. The van der Waals surface area contributed by atoms with Crippen LogP contribution < -0.4 is 15.8 Å². The number of ether oxygens (including phenoxy) is 1. The SMILES string of the molecule is COc1ccccc1CCNc1c(C(N)=S)c(C)nn1C. The zero-order chi connectivity index (χ0) is 15.4. The second-order valence-electron chi connectivity index (χ2n) is 4.79. The summed E-state index contributed by atoms with van der Waals surface area (Å²) in [6, 6.07) is 7.99. The summed E-state index contributed by atoms with van der Waals surface area (Å²) in [6.07, 6.45) is 0.838. The minimum Gasteiger partial charge on any atom is -0.496 e. The molecule has 0 bridgehead atoms. The minimum atomic E-state index is 0.361. The van der Waals surface area contributed by atoms with Crippen LogP contribution in [0.15, 0.2) is 24.3 Å². The molecule has 0 aliphatic carbocycles. The number of benzene rings is 1.